The largest absolute Gasteiger partial charge is 0.332 e. The van der Waals surface area contributed by atoms with E-state index < -0.39 is 21.3 Å². The summed E-state index contributed by atoms with van der Waals surface area (Å²) >= 11 is 0. The molecule has 26 heavy (non-hydrogen) atoms. The normalized spacial score (nSPS) is 18.2. The van der Waals surface area contributed by atoms with Crippen molar-refractivity contribution in [3.8, 4) is 0 Å². The number of urea groups is 1. The number of anilines is 1. The molecular weight excluding hydrogens is 357 g/mol. The number of hydrogen-bond donors (Lipinski definition) is 3. The van der Waals surface area contributed by atoms with Crippen LogP contribution in [0.1, 0.15) is 63.5 Å². The minimum atomic E-state index is -3.78. The molecule has 2 rings (SSSR count). The van der Waals surface area contributed by atoms with E-state index in [-0.39, 0.29) is 17.7 Å². The van der Waals surface area contributed by atoms with Gasteiger partial charge in [0.15, 0.2) is 0 Å². The van der Waals surface area contributed by atoms with Crippen LogP contribution in [0.2, 0.25) is 0 Å². The Hall–Kier alpha value is -1.67. The number of carbonyl (C=O) groups is 1. The van der Waals surface area contributed by atoms with Gasteiger partial charge in [-0.25, -0.2) is 22.3 Å². The number of benzene rings is 1. The van der Waals surface area contributed by atoms with E-state index in [0.29, 0.717) is 29.8 Å². The fraction of sp³-hybridized carbons (Fsp3) is 0.611. The van der Waals surface area contributed by atoms with Gasteiger partial charge in [-0.15, -0.1) is 0 Å². The van der Waals surface area contributed by atoms with Gasteiger partial charge in [0.2, 0.25) is 10.0 Å². The number of rotatable bonds is 5. The van der Waals surface area contributed by atoms with Crippen LogP contribution in [0.5, 0.6) is 0 Å². The monoisotopic (exact) mass is 385 g/mol. The zero-order valence-corrected chi connectivity index (χ0v) is 16.5. The molecule has 1 aliphatic heterocycles. The first-order valence-corrected chi connectivity index (χ1v) is 10.5. The second-order valence-corrected chi connectivity index (χ2v) is 9.30. The van der Waals surface area contributed by atoms with Crippen LogP contribution in [0.4, 0.5) is 14.9 Å². The Morgan fingerprint density at radius 3 is 2.23 bits per heavy atom. The van der Waals surface area contributed by atoms with E-state index >= 15 is 0 Å². The minimum absolute atomic E-state index is 0.0300. The number of carbonyl (C=O) groups excluding carboxylic acids is 1. The summed E-state index contributed by atoms with van der Waals surface area (Å²) in [5.74, 6) is -0.431. The number of piperidine rings is 1. The van der Waals surface area contributed by atoms with E-state index in [1.165, 1.54) is 12.1 Å². The molecule has 0 saturated carbocycles. The van der Waals surface area contributed by atoms with Crippen LogP contribution in [0.15, 0.2) is 12.1 Å². The maximum atomic E-state index is 13.9. The highest BCUT2D eigenvalue weighted by Crippen LogP contribution is 2.33. The van der Waals surface area contributed by atoms with E-state index in [0.717, 1.165) is 13.0 Å². The quantitative estimate of drug-likeness (QED) is 0.726. The topological polar surface area (TPSA) is 87.3 Å². The molecule has 8 heteroatoms. The molecule has 1 saturated heterocycles. The van der Waals surface area contributed by atoms with Crippen molar-refractivity contribution >= 4 is 21.7 Å². The number of hydrogen-bond acceptors (Lipinski definition) is 4. The van der Waals surface area contributed by atoms with Crippen molar-refractivity contribution in [1.29, 1.82) is 0 Å². The van der Waals surface area contributed by atoms with E-state index in [2.05, 4.69) is 15.4 Å². The molecule has 1 aliphatic rings. The molecule has 3 N–H and O–H groups in total. The number of sulfonamides is 1. The van der Waals surface area contributed by atoms with Crippen molar-refractivity contribution in [2.45, 2.75) is 57.6 Å². The lowest BCUT2D eigenvalue weighted by Gasteiger charge is -2.24. The summed E-state index contributed by atoms with van der Waals surface area (Å²) in [6, 6.07) is 1.95. The van der Waals surface area contributed by atoms with E-state index in [4.69, 9.17) is 0 Å². The Bertz CT molecular complexity index is 728. The maximum Gasteiger partial charge on any atom is 0.332 e. The first-order chi connectivity index (χ1) is 12.1. The average Bonchev–Trinajstić information content (AvgIpc) is 2.56. The number of amides is 2. The molecule has 0 radical (unpaired) electrons. The van der Waals surface area contributed by atoms with Gasteiger partial charge in [-0.1, -0.05) is 27.7 Å². The molecule has 146 valence electrons. The molecule has 2 amide bonds. The Labute approximate surface area is 155 Å². The molecule has 0 aromatic heterocycles. The highest BCUT2D eigenvalue weighted by molar-refractivity contribution is 7.90. The lowest BCUT2D eigenvalue weighted by molar-refractivity contribution is 0.256. The molecular formula is C18H28FN3O3S. The summed E-state index contributed by atoms with van der Waals surface area (Å²) in [4.78, 5) is 12.4. The van der Waals surface area contributed by atoms with Crippen LogP contribution < -0.4 is 15.4 Å². The minimum Gasteiger partial charge on any atom is -0.315 e. The Kier molecular flexibility index (Phi) is 6.63. The second-order valence-electron chi connectivity index (χ2n) is 7.34. The van der Waals surface area contributed by atoms with Crippen molar-refractivity contribution in [1.82, 2.24) is 10.0 Å². The molecule has 6 nitrogen and oxygen atoms in total. The van der Waals surface area contributed by atoms with E-state index in [1.807, 2.05) is 27.7 Å². The molecule has 1 heterocycles. The van der Waals surface area contributed by atoms with Gasteiger partial charge in [0.25, 0.3) is 0 Å². The standard InChI is InChI=1S/C18H28FN3O3S/c1-11(2)15-8-13(19)9-16(12(3)4)17(15)21-18(23)22-26(24,25)14-6-5-7-20-10-14/h8-9,11-12,14,20H,5-7,10H2,1-4H3,(H2,21,22,23). The van der Waals surface area contributed by atoms with Crippen molar-refractivity contribution in [2.75, 3.05) is 18.4 Å². The summed E-state index contributed by atoms with van der Waals surface area (Å²) in [5.41, 5.74) is 1.76. The Morgan fingerprint density at radius 2 is 1.77 bits per heavy atom. The van der Waals surface area contributed by atoms with Crippen LogP contribution in [-0.2, 0) is 10.0 Å². The Morgan fingerprint density at radius 1 is 1.19 bits per heavy atom. The third-order valence-corrected chi connectivity index (χ3v) is 6.32. The lowest BCUT2D eigenvalue weighted by Crippen LogP contribution is -2.47. The van der Waals surface area contributed by atoms with Gasteiger partial charge >= 0.3 is 6.03 Å². The zero-order chi connectivity index (χ0) is 19.5. The average molecular weight is 386 g/mol. The van der Waals surface area contributed by atoms with Gasteiger partial charge < -0.3 is 10.6 Å². The summed E-state index contributed by atoms with van der Waals surface area (Å²) in [6.07, 6.45) is 1.26. The number of nitrogens with one attached hydrogen (secondary N) is 3. The highest BCUT2D eigenvalue weighted by atomic mass is 32.2. The zero-order valence-electron chi connectivity index (χ0n) is 15.7. The molecule has 0 aliphatic carbocycles. The van der Waals surface area contributed by atoms with Crippen LogP contribution >= 0.6 is 0 Å². The third-order valence-electron chi connectivity index (χ3n) is 4.57. The molecule has 0 bridgehead atoms. The fourth-order valence-electron chi connectivity index (χ4n) is 3.14. The van der Waals surface area contributed by atoms with Crippen LogP contribution in [0, 0.1) is 5.82 Å². The fourth-order valence-corrected chi connectivity index (χ4v) is 4.43. The molecule has 0 spiro atoms. The van der Waals surface area contributed by atoms with Crippen LogP contribution in [0.25, 0.3) is 0 Å². The summed E-state index contributed by atoms with van der Waals surface area (Å²) in [5, 5.41) is 5.04. The van der Waals surface area contributed by atoms with Gasteiger partial charge in [-0.05, 0) is 54.5 Å². The van der Waals surface area contributed by atoms with Gasteiger partial charge in [-0.2, -0.15) is 0 Å². The number of halogens is 1. The van der Waals surface area contributed by atoms with Crippen LogP contribution in [0.3, 0.4) is 0 Å². The summed E-state index contributed by atoms with van der Waals surface area (Å²) < 4.78 is 40.9. The van der Waals surface area contributed by atoms with Gasteiger partial charge in [-0.3, -0.25) is 0 Å². The first kappa shape index (κ1) is 20.6. The lowest BCUT2D eigenvalue weighted by atomic mass is 9.92. The van der Waals surface area contributed by atoms with E-state index in [9.17, 15) is 17.6 Å². The molecule has 1 atom stereocenters. The third kappa shape index (κ3) is 4.94. The molecule has 1 unspecified atom stereocenters. The van der Waals surface area contributed by atoms with Gasteiger partial charge in [0.05, 0.1) is 5.25 Å². The summed E-state index contributed by atoms with van der Waals surface area (Å²) in [7, 11) is -3.78. The molecule has 1 aromatic carbocycles. The van der Waals surface area contributed by atoms with Gasteiger partial charge in [0.1, 0.15) is 5.82 Å². The predicted octanol–water partition coefficient (Wildman–Crippen LogP) is 3.28. The van der Waals surface area contributed by atoms with E-state index in [1.54, 1.807) is 0 Å². The second kappa shape index (κ2) is 8.35. The Balaban J connectivity index is 2.25. The first-order valence-electron chi connectivity index (χ1n) is 8.98. The molecule has 1 aromatic rings. The van der Waals surface area contributed by atoms with Crippen molar-refractivity contribution in [3.05, 3.63) is 29.1 Å². The SMILES string of the molecule is CC(C)c1cc(F)cc(C(C)C)c1NC(=O)NS(=O)(=O)C1CCCNC1. The molecule has 1 fully saturated rings. The van der Waals surface area contributed by atoms with Crippen molar-refractivity contribution < 1.29 is 17.6 Å². The maximum absolute atomic E-state index is 13.9. The van der Waals surface area contributed by atoms with Gasteiger partial charge in [0, 0.05) is 12.2 Å². The summed E-state index contributed by atoms with van der Waals surface area (Å²) in [6.45, 7) is 8.69. The smallest absolute Gasteiger partial charge is 0.315 e. The van der Waals surface area contributed by atoms with Crippen molar-refractivity contribution in [2.24, 2.45) is 0 Å². The predicted molar refractivity (Wildman–Crippen MR) is 102 cm³/mol. The highest BCUT2D eigenvalue weighted by Gasteiger charge is 2.29. The van der Waals surface area contributed by atoms with Crippen LogP contribution in [-0.4, -0.2) is 32.8 Å². The van der Waals surface area contributed by atoms with Crippen molar-refractivity contribution in [3.63, 3.8) is 0 Å².